The Morgan fingerprint density at radius 1 is 1.25 bits per heavy atom. The molecule has 2 heterocycles. The monoisotopic (exact) mass is 285 g/mol. The topological polar surface area (TPSA) is 64.9 Å². The van der Waals surface area contributed by atoms with Gasteiger partial charge < -0.3 is 10.3 Å². The SMILES string of the molecule is Cc1cscc1-c1noc([C@@H](N)Cc2ccccc2)n1. The Hall–Kier alpha value is -1.98. The van der Waals surface area contributed by atoms with Gasteiger partial charge in [0.1, 0.15) is 0 Å². The summed E-state index contributed by atoms with van der Waals surface area (Å²) in [7, 11) is 0. The third-order valence-electron chi connectivity index (χ3n) is 3.15. The predicted molar refractivity (Wildman–Crippen MR) is 79.4 cm³/mol. The molecule has 0 aliphatic heterocycles. The van der Waals surface area contributed by atoms with Gasteiger partial charge in [0.25, 0.3) is 0 Å². The molecule has 3 rings (SSSR count). The molecule has 0 radical (unpaired) electrons. The summed E-state index contributed by atoms with van der Waals surface area (Å²) in [5.74, 6) is 1.09. The molecule has 2 aromatic heterocycles. The first-order chi connectivity index (χ1) is 9.74. The molecule has 0 bridgehead atoms. The molecule has 4 nitrogen and oxygen atoms in total. The molecule has 1 aromatic carbocycles. The maximum Gasteiger partial charge on any atom is 0.244 e. The van der Waals surface area contributed by atoms with Crippen LogP contribution < -0.4 is 5.73 Å². The van der Waals surface area contributed by atoms with Crippen LogP contribution in [0.15, 0.2) is 45.6 Å². The summed E-state index contributed by atoms with van der Waals surface area (Å²) in [5, 5.41) is 8.11. The van der Waals surface area contributed by atoms with E-state index in [1.807, 2.05) is 42.6 Å². The van der Waals surface area contributed by atoms with Crippen molar-refractivity contribution in [3.8, 4) is 11.4 Å². The summed E-state index contributed by atoms with van der Waals surface area (Å²) in [6, 6.07) is 9.78. The molecule has 1 atom stereocenters. The van der Waals surface area contributed by atoms with Crippen LogP contribution in [0.4, 0.5) is 0 Å². The maximum absolute atomic E-state index is 6.14. The predicted octanol–water partition coefficient (Wildman–Crippen LogP) is 3.35. The summed E-state index contributed by atoms with van der Waals surface area (Å²) in [4.78, 5) is 4.41. The molecule has 0 unspecified atom stereocenters. The minimum Gasteiger partial charge on any atom is -0.337 e. The van der Waals surface area contributed by atoms with Crippen LogP contribution in [0.3, 0.4) is 0 Å². The van der Waals surface area contributed by atoms with E-state index in [0.29, 0.717) is 18.1 Å². The molecule has 0 saturated carbocycles. The van der Waals surface area contributed by atoms with Gasteiger partial charge in [0.2, 0.25) is 11.7 Å². The van der Waals surface area contributed by atoms with Gasteiger partial charge in [-0.05, 0) is 29.9 Å². The molecular formula is C15H15N3OS. The van der Waals surface area contributed by atoms with E-state index < -0.39 is 0 Å². The molecule has 0 fully saturated rings. The molecule has 102 valence electrons. The fraction of sp³-hybridized carbons (Fsp3) is 0.200. The van der Waals surface area contributed by atoms with Gasteiger partial charge in [-0.15, -0.1) is 0 Å². The lowest BCUT2D eigenvalue weighted by Crippen LogP contribution is -2.13. The molecule has 0 aliphatic rings. The Kier molecular flexibility index (Phi) is 3.62. The van der Waals surface area contributed by atoms with E-state index in [2.05, 4.69) is 15.5 Å². The highest BCUT2D eigenvalue weighted by atomic mass is 32.1. The van der Waals surface area contributed by atoms with Crippen LogP contribution in [-0.2, 0) is 6.42 Å². The van der Waals surface area contributed by atoms with E-state index in [9.17, 15) is 0 Å². The first-order valence-corrected chi connectivity index (χ1v) is 7.34. The van der Waals surface area contributed by atoms with Crippen LogP contribution in [0.5, 0.6) is 0 Å². The second-order valence-corrected chi connectivity index (χ2v) is 5.46. The Labute approximate surface area is 121 Å². The van der Waals surface area contributed by atoms with Gasteiger partial charge in [-0.25, -0.2) is 0 Å². The Morgan fingerprint density at radius 2 is 2.05 bits per heavy atom. The molecule has 0 amide bonds. The van der Waals surface area contributed by atoms with Crippen molar-refractivity contribution in [2.24, 2.45) is 5.73 Å². The van der Waals surface area contributed by atoms with E-state index in [4.69, 9.17) is 10.3 Å². The molecule has 0 saturated heterocycles. The molecular weight excluding hydrogens is 270 g/mol. The third kappa shape index (κ3) is 2.64. The van der Waals surface area contributed by atoms with Gasteiger partial charge in [0.15, 0.2) is 0 Å². The van der Waals surface area contributed by atoms with Gasteiger partial charge in [0, 0.05) is 10.9 Å². The zero-order valence-electron chi connectivity index (χ0n) is 11.1. The average molecular weight is 285 g/mol. The summed E-state index contributed by atoms with van der Waals surface area (Å²) in [6.45, 7) is 2.03. The summed E-state index contributed by atoms with van der Waals surface area (Å²) in [6.07, 6.45) is 0.686. The van der Waals surface area contributed by atoms with Gasteiger partial charge >= 0.3 is 0 Å². The minimum absolute atomic E-state index is 0.280. The number of benzene rings is 1. The van der Waals surface area contributed by atoms with Crippen LogP contribution in [0, 0.1) is 6.92 Å². The number of rotatable bonds is 4. The van der Waals surface area contributed by atoms with Gasteiger partial charge in [0.05, 0.1) is 6.04 Å². The van der Waals surface area contributed by atoms with Crippen molar-refractivity contribution in [1.29, 1.82) is 0 Å². The third-order valence-corrected chi connectivity index (χ3v) is 4.02. The first-order valence-electron chi connectivity index (χ1n) is 6.40. The van der Waals surface area contributed by atoms with Gasteiger partial charge in [-0.1, -0.05) is 35.5 Å². The van der Waals surface area contributed by atoms with Crippen LogP contribution >= 0.6 is 11.3 Å². The highest BCUT2D eigenvalue weighted by Gasteiger charge is 2.17. The lowest BCUT2D eigenvalue weighted by atomic mass is 10.1. The maximum atomic E-state index is 6.14. The van der Waals surface area contributed by atoms with E-state index in [-0.39, 0.29) is 6.04 Å². The lowest BCUT2D eigenvalue weighted by Gasteiger charge is -2.05. The Morgan fingerprint density at radius 3 is 2.75 bits per heavy atom. The van der Waals surface area contributed by atoms with Gasteiger partial charge in [-0.2, -0.15) is 16.3 Å². The summed E-state index contributed by atoms with van der Waals surface area (Å²) < 4.78 is 5.30. The van der Waals surface area contributed by atoms with Crippen molar-refractivity contribution in [1.82, 2.24) is 10.1 Å². The molecule has 0 aliphatic carbocycles. The highest BCUT2D eigenvalue weighted by Crippen LogP contribution is 2.25. The van der Waals surface area contributed by atoms with Crippen molar-refractivity contribution in [2.45, 2.75) is 19.4 Å². The number of nitrogens with zero attached hydrogens (tertiary/aromatic N) is 2. The van der Waals surface area contributed by atoms with Crippen molar-refractivity contribution in [3.63, 3.8) is 0 Å². The van der Waals surface area contributed by atoms with Crippen molar-refractivity contribution in [2.75, 3.05) is 0 Å². The normalized spacial score (nSPS) is 12.5. The smallest absolute Gasteiger partial charge is 0.244 e. The van der Waals surface area contributed by atoms with Crippen molar-refractivity contribution >= 4 is 11.3 Å². The molecule has 20 heavy (non-hydrogen) atoms. The summed E-state index contributed by atoms with van der Waals surface area (Å²) in [5.41, 5.74) is 9.46. The van der Waals surface area contributed by atoms with Crippen LogP contribution in [0.2, 0.25) is 0 Å². The first kappa shape index (κ1) is 13.0. The number of aromatic nitrogens is 2. The quantitative estimate of drug-likeness (QED) is 0.798. The number of hydrogen-bond acceptors (Lipinski definition) is 5. The molecule has 2 N–H and O–H groups in total. The van der Waals surface area contributed by atoms with Crippen LogP contribution in [0.25, 0.3) is 11.4 Å². The van der Waals surface area contributed by atoms with Crippen molar-refractivity contribution in [3.05, 3.63) is 58.1 Å². The number of thiophene rings is 1. The Balaban J connectivity index is 1.78. The fourth-order valence-electron chi connectivity index (χ4n) is 2.04. The standard InChI is InChI=1S/C15H15N3OS/c1-10-8-20-9-12(10)14-17-15(19-18-14)13(16)7-11-5-3-2-4-6-11/h2-6,8-9,13H,7,16H2,1H3/t13-/m0/s1. The average Bonchev–Trinajstić information content (AvgIpc) is 3.08. The molecule has 5 heteroatoms. The lowest BCUT2D eigenvalue weighted by molar-refractivity contribution is 0.354. The second kappa shape index (κ2) is 5.56. The molecule has 3 aromatic rings. The van der Waals surface area contributed by atoms with Crippen LogP contribution in [0.1, 0.15) is 23.1 Å². The van der Waals surface area contributed by atoms with Crippen molar-refractivity contribution < 1.29 is 4.52 Å². The number of aryl methyl sites for hydroxylation is 1. The summed E-state index contributed by atoms with van der Waals surface area (Å²) >= 11 is 1.63. The Bertz CT molecular complexity index is 690. The fourth-order valence-corrected chi connectivity index (χ4v) is 2.87. The number of nitrogens with two attached hydrogens (primary N) is 1. The zero-order valence-corrected chi connectivity index (χ0v) is 11.9. The number of hydrogen-bond donors (Lipinski definition) is 1. The second-order valence-electron chi connectivity index (χ2n) is 4.72. The minimum atomic E-state index is -0.280. The largest absolute Gasteiger partial charge is 0.337 e. The van der Waals surface area contributed by atoms with Gasteiger partial charge in [-0.3, -0.25) is 0 Å². The molecule has 0 spiro atoms. The zero-order chi connectivity index (χ0) is 13.9. The van der Waals surface area contributed by atoms with Crippen LogP contribution in [-0.4, -0.2) is 10.1 Å². The highest BCUT2D eigenvalue weighted by molar-refractivity contribution is 7.08. The van der Waals surface area contributed by atoms with E-state index >= 15 is 0 Å². The van der Waals surface area contributed by atoms with E-state index in [1.165, 1.54) is 0 Å². The van der Waals surface area contributed by atoms with E-state index in [0.717, 1.165) is 16.7 Å². The van der Waals surface area contributed by atoms with E-state index in [1.54, 1.807) is 11.3 Å².